The van der Waals surface area contributed by atoms with Gasteiger partial charge in [-0.05, 0) is 65.3 Å². The molecule has 3 rings (SSSR count). The van der Waals surface area contributed by atoms with Crippen LogP contribution in [0.1, 0.15) is 51.1 Å². The van der Waals surface area contributed by atoms with Gasteiger partial charge in [-0.1, -0.05) is 30.3 Å². The summed E-state index contributed by atoms with van der Waals surface area (Å²) in [6, 6.07) is 12.9. The molecule has 3 aromatic rings. The van der Waals surface area contributed by atoms with Crippen LogP contribution in [-0.4, -0.2) is 27.3 Å². The summed E-state index contributed by atoms with van der Waals surface area (Å²) in [5, 5.41) is 33.2. The Morgan fingerprint density at radius 1 is 0.800 bits per heavy atom. The molecule has 5 nitrogen and oxygen atoms in total. The van der Waals surface area contributed by atoms with Crippen LogP contribution < -0.4 is 0 Å². The maximum atomic E-state index is 12.0. The zero-order valence-corrected chi connectivity index (χ0v) is 18.0. The molecule has 0 aliphatic rings. The van der Waals surface area contributed by atoms with Gasteiger partial charge in [0.2, 0.25) is 0 Å². The predicted octanol–water partition coefficient (Wildman–Crippen LogP) is 4.90. The Balaban J connectivity index is 1.87. The van der Waals surface area contributed by atoms with Gasteiger partial charge in [0, 0.05) is 9.75 Å². The third-order valence-corrected chi connectivity index (χ3v) is 7.01. The number of carboxylic acids is 2. The van der Waals surface area contributed by atoms with Crippen molar-refractivity contribution in [1.29, 1.82) is 0 Å². The summed E-state index contributed by atoms with van der Waals surface area (Å²) in [5.74, 6) is -3.41. The molecule has 0 amide bonds. The van der Waals surface area contributed by atoms with Gasteiger partial charge in [0.25, 0.3) is 0 Å². The molecule has 0 radical (unpaired) electrons. The zero-order valence-electron chi connectivity index (χ0n) is 16.4. The Labute approximate surface area is 183 Å². The van der Waals surface area contributed by atoms with Gasteiger partial charge < -0.3 is 15.3 Å². The number of rotatable bonds is 11. The second-order valence-corrected chi connectivity index (χ2v) is 9.25. The van der Waals surface area contributed by atoms with Crippen molar-refractivity contribution in [3.63, 3.8) is 0 Å². The number of aliphatic hydroxyl groups excluding tert-OH is 1. The van der Waals surface area contributed by atoms with Gasteiger partial charge in [0.15, 0.2) is 0 Å². The van der Waals surface area contributed by atoms with E-state index in [9.17, 15) is 24.9 Å². The molecule has 0 aliphatic carbocycles. The quantitative estimate of drug-likeness (QED) is 0.391. The Hall–Kier alpha value is -2.48. The normalized spacial score (nSPS) is 13.1. The SMILES string of the molecule is O=C(O)C(CCc1cccs1)c1cc(CO)cc(C(CCc2cccs2)C(=O)O)c1. The largest absolute Gasteiger partial charge is 0.481 e. The average molecular weight is 445 g/mol. The second kappa shape index (κ2) is 10.5. The minimum Gasteiger partial charge on any atom is -0.481 e. The van der Waals surface area contributed by atoms with E-state index in [1.54, 1.807) is 40.9 Å². The number of carboxylic acid groups (broad SMARTS) is 2. The van der Waals surface area contributed by atoms with E-state index < -0.39 is 23.8 Å². The lowest BCUT2D eigenvalue weighted by Crippen LogP contribution is -2.16. The van der Waals surface area contributed by atoms with Crippen molar-refractivity contribution in [3.05, 3.63) is 79.7 Å². The van der Waals surface area contributed by atoms with Crippen LogP contribution in [0.2, 0.25) is 0 Å². The molecule has 2 unspecified atom stereocenters. The first-order valence-corrected chi connectivity index (χ1v) is 11.5. The summed E-state index contributed by atoms with van der Waals surface area (Å²) < 4.78 is 0. The van der Waals surface area contributed by atoms with Crippen molar-refractivity contribution < 1.29 is 24.9 Å². The van der Waals surface area contributed by atoms with Crippen molar-refractivity contribution in [2.24, 2.45) is 0 Å². The molecular weight excluding hydrogens is 420 g/mol. The molecule has 0 aliphatic heterocycles. The molecule has 2 atom stereocenters. The molecule has 0 saturated carbocycles. The van der Waals surface area contributed by atoms with Crippen LogP contribution in [-0.2, 0) is 29.0 Å². The Morgan fingerprint density at radius 3 is 1.60 bits per heavy atom. The molecular formula is C23H24O5S2. The maximum Gasteiger partial charge on any atom is 0.310 e. The highest BCUT2D eigenvalue weighted by Crippen LogP contribution is 2.31. The molecule has 7 heteroatoms. The lowest BCUT2D eigenvalue weighted by molar-refractivity contribution is -0.139. The fourth-order valence-electron chi connectivity index (χ4n) is 3.59. The maximum absolute atomic E-state index is 12.0. The standard InChI is InChI=1S/C23H24O5S2/c24-14-15-11-16(20(22(25)26)7-5-18-3-1-9-29-18)13-17(12-15)21(23(27)28)8-6-19-4-2-10-30-19/h1-4,9-13,20-21,24H,5-8,14H2,(H,25,26)(H,27,28). The van der Waals surface area contributed by atoms with E-state index >= 15 is 0 Å². The van der Waals surface area contributed by atoms with Crippen LogP contribution in [0.25, 0.3) is 0 Å². The van der Waals surface area contributed by atoms with Crippen molar-refractivity contribution in [1.82, 2.24) is 0 Å². The van der Waals surface area contributed by atoms with Crippen LogP contribution in [0, 0.1) is 0 Å². The van der Waals surface area contributed by atoms with Crippen molar-refractivity contribution >= 4 is 34.6 Å². The number of aliphatic carboxylic acids is 2. The lowest BCUT2D eigenvalue weighted by Gasteiger charge is -2.19. The number of benzene rings is 1. The average Bonchev–Trinajstić information content (AvgIpc) is 3.41. The number of aliphatic hydroxyl groups is 1. The fourth-order valence-corrected chi connectivity index (χ4v) is 5.04. The smallest absolute Gasteiger partial charge is 0.310 e. The molecule has 1 aromatic carbocycles. The second-order valence-electron chi connectivity index (χ2n) is 7.18. The van der Waals surface area contributed by atoms with Gasteiger partial charge in [-0.15, -0.1) is 22.7 Å². The highest BCUT2D eigenvalue weighted by Gasteiger charge is 2.25. The van der Waals surface area contributed by atoms with Gasteiger partial charge in [0.05, 0.1) is 18.4 Å². The first kappa shape index (κ1) is 22.2. The number of carbonyl (C=O) groups is 2. The summed E-state index contributed by atoms with van der Waals surface area (Å²) in [6.45, 7) is -0.268. The van der Waals surface area contributed by atoms with Crippen molar-refractivity contribution in [2.75, 3.05) is 0 Å². The van der Waals surface area contributed by atoms with E-state index in [1.165, 1.54) is 0 Å². The van der Waals surface area contributed by atoms with Gasteiger partial charge >= 0.3 is 11.9 Å². The summed E-state index contributed by atoms with van der Waals surface area (Å²) in [6.07, 6.45) is 2.09. The first-order valence-electron chi connectivity index (χ1n) is 9.73. The fraction of sp³-hybridized carbons (Fsp3) is 0.304. The molecule has 3 N–H and O–H groups in total. The molecule has 2 aromatic heterocycles. The summed E-state index contributed by atoms with van der Waals surface area (Å²) in [7, 11) is 0. The van der Waals surface area contributed by atoms with Gasteiger partial charge in [-0.3, -0.25) is 9.59 Å². The Kier molecular flexibility index (Phi) is 7.79. The van der Waals surface area contributed by atoms with Crippen LogP contribution >= 0.6 is 22.7 Å². The van der Waals surface area contributed by atoms with E-state index in [2.05, 4.69) is 0 Å². The first-order chi connectivity index (χ1) is 14.5. The van der Waals surface area contributed by atoms with E-state index in [-0.39, 0.29) is 6.61 Å². The van der Waals surface area contributed by atoms with Crippen molar-refractivity contribution in [2.45, 2.75) is 44.1 Å². The molecule has 0 saturated heterocycles. The zero-order chi connectivity index (χ0) is 21.5. The Bertz CT molecular complexity index is 889. The van der Waals surface area contributed by atoms with Crippen LogP contribution in [0.4, 0.5) is 0 Å². The Morgan fingerprint density at radius 2 is 1.27 bits per heavy atom. The number of hydrogen-bond donors (Lipinski definition) is 3. The highest BCUT2D eigenvalue weighted by molar-refractivity contribution is 7.10. The van der Waals surface area contributed by atoms with Crippen LogP contribution in [0.15, 0.2) is 53.2 Å². The lowest BCUT2D eigenvalue weighted by atomic mass is 9.86. The molecule has 0 spiro atoms. The third-order valence-electron chi connectivity index (χ3n) is 5.14. The van der Waals surface area contributed by atoms with Crippen molar-refractivity contribution in [3.8, 4) is 0 Å². The minimum absolute atomic E-state index is 0.268. The molecule has 158 valence electrons. The third kappa shape index (κ3) is 5.78. The van der Waals surface area contributed by atoms with Gasteiger partial charge in [0.1, 0.15) is 0 Å². The number of aryl methyl sites for hydroxylation is 2. The van der Waals surface area contributed by atoms with E-state index in [0.717, 1.165) is 9.75 Å². The van der Waals surface area contributed by atoms with Crippen LogP contribution in [0.5, 0.6) is 0 Å². The summed E-state index contributed by atoms with van der Waals surface area (Å²) in [4.78, 5) is 26.2. The van der Waals surface area contributed by atoms with Crippen LogP contribution in [0.3, 0.4) is 0 Å². The molecule has 2 heterocycles. The topological polar surface area (TPSA) is 94.8 Å². The van der Waals surface area contributed by atoms with Gasteiger partial charge in [-0.2, -0.15) is 0 Å². The highest BCUT2D eigenvalue weighted by atomic mass is 32.1. The summed E-state index contributed by atoms with van der Waals surface area (Å²) >= 11 is 3.17. The van der Waals surface area contributed by atoms with E-state index in [0.29, 0.717) is 42.4 Å². The predicted molar refractivity (Wildman–Crippen MR) is 118 cm³/mol. The minimum atomic E-state index is -0.946. The number of hydrogen-bond acceptors (Lipinski definition) is 5. The van der Waals surface area contributed by atoms with E-state index in [4.69, 9.17) is 0 Å². The molecule has 30 heavy (non-hydrogen) atoms. The molecule has 0 fully saturated rings. The van der Waals surface area contributed by atoms with E-state index in [1.807, 2.05) is 35.0 Å². The number of thiophene rings is 2. The summed E-state index contributed by atoms with van der Waals surface area (Å²) in [5.41, 5.74) is 1.62. The molecule has 0 bridgehead atoms. The monoisotopic (exact) mass is 444 g/mol. The van der Waals surface area contributed by atoms with Gasteiger partial charge in [-0.25, -0.2) is 0 Å².